The van der Waals surface area contributed by atoms with Gasteiger partial charge in [0.15, 0.2) is 0 Å². The molecule has 5 nitrogen and oxygen atoms in total. The highest BCUT2D eigenvalue weighted by molar-refractivity contribution is 5.84. The molecule has 1 aromatic heterocycles. The molecule has 1 amide bonds. The quantitative estimate of drug-likeness (QED) is 0.846. The zero-order chi connectivity index (χ0) is 14.0. The Bertz CT molecular complexity index is 423. The molecular formula is C10H12F3N3O2. The number of rotatable bonds is 1. The molecule has 1 N–H and O–H groups in total. The van der Waals surface area contributed by atoms with Crippen LogP contribution in [0, 0.1) is 0 Å². The normalized spacial score (nSPS) is 12.1. The van der Waals surface area contributed by atoms with Gasteiger partial charge in [0.05, 0.1) is 18.1 Å². The van der Waals surface area contributed by atoms with Crippen molar-refractivity contribution in [3.8, 4) is 0 Å². The zero-order valence-electron chi connectivity index (χ0n) is 10.00. The first-order valence-electron chi connectivity index (χ1n) is 4.97. The third-order valence-electron chi connectivity index (χ3n) is 1.55. The summed E-state index contributed by atoms with van der Waals surface area (Å²) in [5, 5.41) is 2.22. The van der Waals surface area contributed by atoms with Crippen LogP contribution in [0.3, 0.4) is 0 Å². The molecule has 0 unspecified atom stereocenters. The number of hydrogen-bond donors (Lipinski definition) is 1. The van der Waals surface area contributed by atoms with E-state index in [4.69, 9.17) is 4.74 Å². The van der Waals surface area contributed by atoms with Crippen LogP contribution in [0.4, 0.5) is 23.7 Å². The maximum absolute atomic E-state index is 12.2. The number of anilines is 1. The summed E-state index contributed by atoms with van der Waals surface area (Å²) >= 11 is 0. The van der Waals surface area contributed by atoms with Crippen LogP contribution in [-0.4, -0.2) is 21.7 Å². The van der Waals surface area contributed by atoms with Gasteiger partial charge >= 0.3 is 12.3 Å². The van der Waals surface area contributed by atoms with Crippen LogP contribution >= 0.6 is 0 Å². The summed E-state index contributed by atoms with van der Waals surface area (Å²) in [6, 6.07) is 0. The van der Waals surface area contributed by atoms with Gasteiger partial charge in [-0.05, 0) is 20.8 Å². The summed E-state index contributed by atoms with van der Waals surface area (Å²) in [5.74, 6) is -1.27. The Morgan fingerprint density at radius 2 is 1.72 bits per heavy atom. The van der Waals surface area contributed by atoms with Gasteiger partial charge in [0.1, 0.15) is 5.60 Å². The van der Waals surface area contributed by atoms with Crippen LogP contribution in [0.15, 0.2) is 12.4 Å². The molecule has 0 atom stereocenters. The van der Waals surface area contributed by atoms with E-state index in [-0.39, 0.29) is 5.69 Å². The first kappa shape index (κ1) is 14.2. The monoisotopic (exact) mass is 263 g/mol. The maximum Gasteiger partial charge on any atom is 0.451 e. The van der Waals surface area contributed by atoms with Gasteiger partial charge in [-0.15, -0.1) is 0 Å². The van der Waals surface area contributed by atoms with Gasteiger partial charge in [-0.25, -0.2) is 14.8 Å². The molecule has 1 rings (SSSR count). The lowest BCUT2D eigenvalue weighted by atomic mass is 10.2. The standard InChI is InChI=1S/C10H12F3N3O2/c1-9(2,3)18-8(17)16-6-4-14-7(15-5-6)10(11,12)13/h4-5H,1-3H3,(H,16,17). The van der Waals surface area contributed by atoms with E-state index >= 15 is 0 Å². The number of hydrogen-bond acceptors (Lipinski definition) is 4. The molecule has 0 saturated heterocycles. The summed E-state index contributed by atoms with van der Waals surface area (Å²) < 4.78 is 41.4. The summed E-state index contributed by atoms with van der Waals surface area (Å²) in [6.07, 6.45) is -3.67. The maximum atomic E-state index is 12.2. The molecule has 0 aromatic carbocycles. The van der Waals surface area contributed by atoms with E-state index in [0.717, 1.165) is 12.4 Å². The van der Waals surface area contributed by atoms with Crippen LogP contribution in [0.1, 0.15) is 26.6 Å². The Balaban J connectivity index is 2.67. The van der Waals surface area contributed by atoms with E-state index < -0.39 is 23.7 Å². The van der Waals surface area contributed by atoms with Crippen LogP contribution in [-0.2, 0) is 10.9 Å². The van der Waals surface area contributed by atoms with Crippen molar-refractivity contribution in [1.29, 1.82) is 0 Å². The Morgan fingerprint density at radius 1 is 1.22 bits per heavy atom. The van der Waals surface area contributed by atoms with Crippen molar-refractivity contribution in [2.24, 2.45) is 0 Å². The van der Waals surface area contributed by atoms with Crippen molar-refractivity contribution in [3.05, 3.63) is 18.2 Å². The molecule has 0 saturated carbocycles. The lowest BCUT2D eigenvalue weighted by Crippen LogP contribution is -2.27. The molecule has 0 fully saturated rings. The number of nitrogens with zero attached hydrogens (tertiary/aromatic N) is 2. The highest BCUT2D eigenvalue weighted by Crippen LogP contribution is 2.25. The number of aromatic nitrogens is 2. The number of amides is 1. The molecule has 0 aliphatic heterocycles. The van der Waals surface area contributed by atoms with E-state index in [1.807, 2.05) is 0 Å². The molecule has 0 spiro atoms. The minimum absolute atomic E-state index is 0.0252. The van der Waals surface area contributed by atoms with Gasteiger partial charge in [0, 0.05) is 0 Å². The minimum atomic E-state index is -4.61. The first-order chi connectivity index (χ1) is 8.08. The highest BCUT2D eigenvalue weighted by Gasteiger charge is 2.34. The SMILES string of the molecule is CC(C)(C)OC(=O)Nc1cnc(C(F)(F)F)nc1. The summed E-state index contributed by atoms with van der Waals surface area (Å²) in [6.45, 7) is 4.99. The van der Waals surface area contributed by atoms with Gasteiger partial charge in [-0.2, -0.15) is 13.2 Å². The lowest BCUT2D eigenvalue weighted by Gasteiger charge is -2.19. The molecular weight excluding hydrogens is 251 g/mol. The van der Waals surface area contributed by atoms with Gasteiger partial charge in [-0.3, -0.25) is 5.32 Å². The van der Waals surface area contributed by atoms with Crippen molar-refractivity contribution in [3.63, 3.8) is 0 Å². The van der Waals surface area contributed by atoms with Crippen LogP contribution in [0.5, 0.6) is 0 Å². The third-order valence-corrected chi connectivity index (χ3v) is 1.55. The van der Waals surface area contributed by atoms with Crippen LogP contribution < -0.4 is 5.32 Å². The summed E-state index contributed by atoms with van der Waals surface area (Å²) in [7, 11) is 0. The molecule has 0 bridgehead atoms. The minimum Gasteiger partial charge on any atom is -0.444 e. The second kappa shape index (κ2) is 4.79. The van der Waals surface area contributed by atoms with E-state index in [1.165, 1.54) is 0 Å². The van der Waals surface area contributed by atoms with Gasteiger partial charge in [-0.1, -0.05) is 0 Å². The van der Waals surface area contributed by atoms with Crippen molar-refractivity contribution >= 4 is 11.8 Å². The molecule has 1 aromatic rings. The van der Waals surface area contributed by atoms with Crippen molar-refractivity contribution in [1.82, 2.24) is 9.97 Å². The fraction of sp³-hybridized carbons (Fsp3) is 0.500. The predicted octanol–water partition coefficient (Wildman–Crippen LogP) is 2.84. The van der Waals surface area contributed by atoms with Crippen molar-refractivity contribution < 1.29 is 22.7 Å². The number of halogens is 3. The smallest absolute Gasteiger partial charge is 0.444 e. The largest absolute Gasteiger partial charge is 0.451 e. The number of alkyl halides is 3. The van der Waals surface area contributed by atoms with Crippen molar-refractivity contribution in [2.45, 2.75) is 32.5 Å². The van der Waals surface area contributed by atoms with Gasteiger partial charge in [0.2, 0.25) is 5.82 Å². The molecule has 18 heavy (non-hydrogen) atoms. The molecule has 1 heterocycles. The number of carbonyl (C=O) groups excluding carboxylic acids is 1. The average molecular weight is 263 g/mol. The molecule has 8 heteroatoms. The summed E-state index contributed by atoms with van der Waals surface area (Å²) in [5.41, 5.74) is -0.672. The Kier molecular flexibility index (Phi) is 3.78. The number of carbonyl (C=O) groups is 1. The lowest BCUT2D eigenvalue weighted by molar-refractivity contribution is -0.144. The molecule has 0 aliphatic carbocycles. The zero-order valence-corrected chi connectivity index (χ0v) is 10.00. The second-order valence-corrected chi connectivity index (χ2v) is 4.42. The molecule has 0 aliphatic rings. The predicted molar refractivity (Wildman–Crippen MR) is 56.9 cm³/mol. The average Bonchev–Trinajstić information content (AvgIpc) is 2.13. The highest BCUT2D eigenvalue weighted by atomic mass is 19.4. The fourth-order valence-corrected chi connectivity index (χ4v) is 0.960. The van der Waals surface area contributed by atoms with E-state index in [1.54, 1.807) is 20.8 Å². The Labute approximate surface area is 101 Å². The Hall–Kier alpha value is -1.86. The Morgan fingerprint density at radius 3 is 2.11 bits per heavy atom. The third kappa shape index (κ3) is 4.56. The van der Waals surface area contributed by atoms with Gasteiger partial charge < -0.3 is 4.74 Å². The van der Waals surface area contributed by atoms with E-state index in [2.05, 4.69) is 15.3 Å². The van der Waals surface area contributed by atoms with Crippen LogP contribution in [0.25, 0.3) is 0 Å². The van der Waals surface area contributed by atoms with E-state index in [0.29, 0.717) is 0 Å². The van der Waals surface area contributed by atoms with Crippen LogP contribution in [0.2, 0.25) is 0 Å². The van der Waals surface area contributed by atoms with Crippen molar-refractivity contribution in [2.75, 3.05) is 5.32 Å². The summed E-state index contributed by atoms with van der Waals surface area (Å²) in [4.78, 5) is 17.5. The second-order valence-electron chi connectivity index (χ2n) is 4.42. The fourth-order valence-electron chi connectivity index (χ4n) is 0.960. The number of nitrogens with one attached hydrogen (secondary N) is 1. The first-order valence-corrected chi connectivity index (χ1v) is 4.97. The van der Waals surface area contributed by atoms with E-state index in [9.17, 15) is 18.0 Å². The molecule has 100 valence electrons. The topological polar surface area (TPSA) is 64.1 Å². The molecule has 0 radical (unpaired) electrons. The number of ether oxygens (including phenoxy) is 1. The van der Waals surface area contributed by atoms with Gasteiger partial charge in [0.25, 0.3) is 0 Å².